The molecule has 1 fully saturated rings. The van der Waals surface area contributed by atoms with E-state index in [1.807, 2.05) is 20.8 Å². The predicted octanol–water partition coefficient (Wildman–Crippen LogP) is 7.81. The Morgan fingerprint density at radius 2 is 1.59 bits per heavy atom. The molecule has 0 unspecified atom stereocenters. The summed E-state index contributed by atoms with van der Waals surface area (Å²) in [5.41, 5.74) is -0.600. The summed E-state index contributed by atoms with van der Waals surface area (Å²) < 4.78 is 82.6. The van der Waals surface area contributed by atoms with Crippen molar-refractivity contribution in [3.8, 4) is 11.3 Å². The number of nitrogens with zero attached hydrogens (tertiary/aromatic N) is 1. The van der Waals surface area contributed by atoms with Crippen LogP contribution in [0.3, 0.4) is 0 Å². The number of aromatic nitrogens is 1. The molecule has 1 aromatic carbocycles. The Kier molecular flexibility index (Phi) is 5.80. The maximum Gasteiger partial charge on any atom is 0.417 e. The predicted molar refractivity (Wildman–Crippen MR) is 101 cm³/mol. The van der Waals surface area contributed by atoms with Crippen molar-refractivity contribution < 1.29 is 26.3 Å². The third kappa shape index (κ3) is 4.48. The highest BCUT2D eigenvalue weighted by atomic mass is 19.4. The number of halogens is 6. The lowest BCUT2D eigenvalue weighted by molar-refractivity contribution is -0.141. The molecule has 0 spiro atoms. The van der Waals surface area contributed by atoms with Crippen molar-refractivity contribution in [2.45, 2.75) is 71.3 Å². The summed E-state index contributed by atoms with van der Waals surface area (Å²) in [4.78, 5) is 0. The topological polar surface area (TPSA) is 4.93 Å². The quantitative estimate of drug-likeness (QED) is 0.447. The Balaban J connectivity index is 2.23. The van der Waals surface area contributed by atoms with Crippen LogP contribution in [0.2, 0.25) is 0 Å². The Labute approximate surface area is 166 Å². The maximum absolute atomic E-state index is 13.7. The lowest BCUT2D eigenvalue weighted by Gasteiger charge is -2.20. The third-order valence-corrected chi connectivity index (χ3v) is 5.87. The molecular weight excluding hydrogens is 392 g/mol. The first kappa shape index (κ1) is 21.8. The Hall–Kier alpha value is -1.92. The van der Waals surface area contributed by atoms with Gasteiger partial charge in [-0.3, -0.25) is 0 Å². The molecule has 1 nitrogen and oxygen atoms in total. The summed E-state index contributed by atoms with van der Waals surface area (Å²) in [6, 6.07) is 3.34. The van der Waals surface area contributed by atoms with E-state index in [0.29, 0.717) is 30.7 Å². The molecule has 0 amide bonds. The monoisotopic (exact) mass is 417 g/mol. The Bertz CT molecular complexity index is 867. The van der Waals surface area contributed by atoms with Gasteiger partial charge in [-0.1, -0.05) is 26.7 Å². The molecule has 1 heterocycles. The molecular formula is C22H25F6N. The second-order valence-corrected chi connectivity index (χ2v) is 8.24. The van der Waals surface area contributed by atoms with Gasteiger partial charge in [0.25, 0.3) is 0 Å². The number of hydrogen-bond donors (Lipinski definition) is 0. The van der Waals surface area contributed by atoms with Gasteiger partial charge < -0.3 is 4.57 Å². The van der Waals surface area contributed by atoms with E-state index in [0.717, 1.165) is 36.9 Å². The maximum atomic E-state index is 13.7. The standard InChI is InChI=1S/C22H25F6N/c1-13(2)17-11-20(29(14(17)3)12-15-6-4-5-7-15)18-10-16(21(23,24)25)8-9-19(18)22(26,27)28/h8-11,13,15H,4-7,12H2,1-3H3. The van der Waals surface area contributed by atoms with E-state index in [1.54, 1.807) is 10.6 Å². The lowest BCUT2D eigenvalue weighted by Crippen LogP contribution is -2.14. The fourth-order valence-electron chi connectivity index (χ4n) is 4.34. The molecule has 2 aromatic rings. The van der Waals surface area contributed by atoms with E-state index in [2.05, 4.69) is 0 Å². The molecule has 1 saturated carbocycles. The van der Waals surface area contributed by atoms with Crippen molar-refractivity contribution in [1.29, 1.82) is 0 Å². The molecule has 0 aliphatic heterocycles. The van der Waals surface area contributed by atoms with Crippen molar-refractivity contribution in [1.82, 2.24) is 4.57 Å². The zero-order chi connectivity index (χ0) is 21.6. The SMILES string of the molecule is Cc1c(C(C)C)cc(-c2cc(C(F)(F)F)ccc2C(F)(F)F)n1CC1CCCC1. The van der Waals surface area contributed by atoms with E-state index in [9.17, 15) is 26.3 Å². The highest BCUT2D eigenvalue weighted by molar-refractivity contribution is 5.68. The molecule has 7 heteroatoms. The van der Waals surface area contributed by atoms with Crippen LogP contribution in [0.15, 0.2) is 24.3 Å². The van der Waals surface area contributed by atoms with Gasteiger partial charge in [0.15, 0.2) is 0 Å². The minimum Gasteiger partial charge on any atom is -0.344 e. The van der Waals surface area contributed by atoms with Gasteiger partial charge in [0, 0.05) is 23.5 Å². The number of rotatable bonds is 4. The molecule has 0 N–H and O–H groups in total. The van der Waals surface area contributed by atoms with Crippen molar-refractivity contribution in [2.24, 2.45) is 5.92 Å². The minimum absolute atomic E-state index is 0.0544. The Morgan fingerprint density at radius 3 is 2.10 bits per heavy atom. The highest BCUT2D eigenvalue weighted by Crippen LogP contribution is 2.43. The third-order valence-electron chi connectivity index (χ3n) is 5.87. The van der Waals surface area contributed by atoms with Crippen LogP contribution >= 0.6 is 0 Å². The van der Waals surface area contributed by atoms with Gasteiger partial charge in [0.05, 0.1) is 11.1 Å². The summed E-state index contributed by atoms with van der Waals surface area (Å²) >= 11 is 0. The van der Waals surface area contributed by atoms with Crippen molar-refractivity contribution in [2.75, 3.05) is 0 Å². The van der Waals surface area contributed by atoms with Gasteiger partial charge in [-0.05, 0) is 61.4 Å². The van der Waals surface area contributed by atoms with Gasteiger partial charge in [0.2, 0.25) is 0 Å². The minimum atomic E-state index is -4.74. The first-order valence-electron chi connectivity index (χ1n) is 9.88. The van der Waals surface area contributed by atoms with Crippen molar-refractivity contribution in [3.05, 3.63) is 46.6 Å². The van der Waals surface area contributed by atoms with Gasteiger partial charge in [-0.15, -0.1) is 0 Å². The fourth-order valence-corrected chi connectivity index (χ4v) is 4.34. The summed E-state index contributed by atoms with van der Waals surface area (Å²) in [5, 5.41) is 0. The van der Waals surface area contributed by atoms with E-state index in [-0.39, 0.29) is 11.6 Å². The average molecular weight is 417 g/mol. The number of benzene rings is 1. The molecule has 1 aliphatic rings. The zero-order valence-electron chi connectivity index (χ0n) is 16.7. The van der Waals surface area contributed by atoms with E-state index in [4.69, 9.17) is 0 Å². The van der Waals surface area contributed by atoms with Crippen molar-refractivity contribution >= 4 is 0 Å². The van der Waals surface area contributed by atoms with Crippen LogP contribution in [0.1, 0.15) is 67.8 Å². The van der Waals surface area contributed by atoms with Crippen LogP contribution in [-0.4, -0.2) is 4.57 Å². The summed E-state index contributed by atoms with van der Waals surface area (Å²) in [6.07, 6.45) is -5.32. The number of alkyl halides is 6. The molecule has 29 heavy (non-hydrogen) atoms. The van der Waals surface area contributed by atoms with Gasteiger partial charge in [0.1, 0.15) is 0 Å². The van der Waals surface area contributed by atoms with Gasteiger partial charge in [-0.2, -0.15) is 26.3 Å². The molecule has 0 atom stereocenters. The molecule has 0 saturated heterocycles. The van der Waals surface area contributed by atoms with Gasteiger partial charge >= 0.3 is 12.4 Å². The Morgan fingerprint density at radius 1 is 0.966 bits per heavy atom. The molecule has 1 aliphatic carbocycles. The van der Waals surface area contributed by atoms with Crippen LogP contribution < -0.4 is 0 Å². The second-order valence-electron chi connectivity index (χ2n) is 8.24. The smallest absolute Gasteiger partial charge is 0.344 e. The van der Waals surface area contributed by atoms with E-state index < -0.39 is 29.0 Å². The van der Waals surface area contributed by atoms with E-state index >= 15 is 0 Å². The average Bonchev–Trinajstić information content (AvgIpc) is 3.22. The molecule has 0 bridgehead atoms. The summed E-state index contributed by atoms with van der Waals surface area (Å²) in [7, 11) is 0. The van der Waals surface area contributed by atoms with E-state index in [1.165, 1.54) is 0 Å². The second kappa shape index (κ2) is 7.73. The first-order chi connectivity index (χ1) is 13.4. The van der Waals surface area contributed by atoms with Gasteiger partial charge in [-0.25, -0.2) is 0 Å². The van der Waals surface area contributed by atoms with Crippen LogP contribution in [0.5, 0.6) is 0 Å². The molecule has 3 rings (SSSR count). The molecule has 160 valence electrons. The highest BCUT2D eigenvalue weighted by Gasteiger charge is 2.38. The zero-order valence-corrected chi connectivity index (χ0v) is 16.7. The van der Waals surface area contributed by atoms with Crippen molar-refractivity contribution in [3.63, 3.8) is 0 Å². The van der Waals surface area contributed by atoms with Crippen LogP contribution in [0.25, 0.3) is 11.3 Å². The normalized spacial score (nSPS) is 16.2. The van der Waals surface area contributed by atoms with Crippen LogP contribution in [-0.2, 0) is 18.9 Å². The largest absolute Gasteiger partial charge is 0.417 e. The number of hydrogen-bond acceptors (Lipinski definition) is 0. The lowest BCUT2D eigenvalue weighted by atomic mass is 9.98. The summed E-state index contributed by atoms with van der Waals surface area (Å²) in [6.45, 7) is 6.24. The van der Waals surface area contributed by atoms with Crippen LogP contribution in [0, 0.1) is 12.8 Å². The fraction of sp³-hybridized carbons (Fsp3) is 0.545. The first-order valence-corrected chi connectivity index (χ1v) is 9.88. The summed E-state index contributed by atoms with van der Waals surface area (Å²) in [5.74, 6) is 0.388. The molecule has 0 radical (unpaired) electrons. The van der Waals surface area contributed by atoms with Crippen LogP contribution in [0.4, 0.5) is 26.3 Å². The molecule has 1 aromatic heterocycles.